The molecule has 0 aliphatic heterocycles. The number of amides is 1. The third-order valence-electron chi connectivity index (χ3n) is 0.673. The molecular weight excluding hydrogens is 203 g/mol. The summed E-state index contributed by atoms with van der Waals surface area (Å²) in [6.45, 7) is 0. The summed E-state index contributed by atoms with van der Waals surface area (Å²) in [6, 6.07) is 0. The van der Waals surface area contributed by atoms with Crippen LogP contribution in [-0.2, 0) is 14.3 Å². The average Bonchev–Trinajstić information content (AvgIpc) is 1.84. The first-order chi connectivity index (χ1) is 5.20. The Morgan fingerprint density at radius 1 is 1.42 bits per heavy atom. The summed E-state index contributed by atoms with van der Waals surface area (Å²) in [4.78, 5) is 10.1. The van der Waals surface area contributed by atoms with Crippen LogP contribution in [0.15, 0.2) is 0 Å². The van der Waals surface area contributed by atoms with Crippen LogP contribution in [0.1, 0.15) is 0 Å². The molecule has 0 saturated heterocycles. The van der Waals surface area contributed by atoms with Crippen molar-refractivity contribution in [1.29, 1.82) is 0 Å². The van der Waals surface area contributed by atoms with Crippen molar-refractivity contribution in [2.45, 2.75) is 5.51 Å². The summed E-state index contributed by atoms with van der Waals surface area (Å²) in [7, 11) is -4.90. The number of hydrogen-bond acceptors (Lipinski definition) is 4. The molecule has 0 heterocycles. The van der Waals surface area contributed by atoms with Gasteiger partial charge in [0.25, 0.3) is 0 Å². The molecule has 0 saturated carbocycles. The molecule has 9 heteroatoms. The monoisotopic (exact) mass is 207 g/mol. The predicted octanol–water partition coefficient (Wildman–Crippen LogP) is 0.192. The summed E-state index contributed by atoms with van der Waals surface area (Å²) in [6.07, 6.45) is -1.69. The maximum atomic E-state index is 11.4. The molecule has 0 spiro atoms. The van der Waals surface area contributed by atoms with Gasteiger partial charge >= 0.3 is 21.7 Å². The van der Waals surface area contributed by atoms with Crippen molar-refractivity contribution in [2.75, 3.05) is 7.05 Å². The third-order valence-corrected chi connectivity index (χ3v) is 1.61. The summed E-state index contributed by atoms with van der Waals surface area (Å²) in [5.74, 6) is 0. The van der Waals surface area contributed by atoms with Gasteiger partial charge in [0.2, 0.25) is 0 Å². The summed E-state index contributed by atoms with van der Waals surface area (Å²) < 4.78 is 57.4. The second kappa shape index (κ2) is 3.17. The van der Waals surface area contributed by atoms with Gasteiger partial charge in [-0.2, -0.15) is 21.6 Å². The fourth-order valence-corrected chi connectivity index (χ4v) is 0.566. The molecule has 12 heavy (non-hydrogen) atoms. The van der Waals surface area contributed by atoms with Crippen LogP contribution in [0.4, 0.5) is 18.0 Å². The smallest absolute Gasteiger partial charge is 0.324 e. The Hall–Kier alpha value is -0.990. The number of nitrogens with one attached hydrogen (secondary N) is 1. The van der Waals surface area contributed by atoms with Crippen LogP contribution in [0.3, 0.4) is 0 Å². The number of carbonyl (C=O) groups excluding carboxylic acids is 1. The molecule has 0 aromatic rings. The van der Waals surface area contributed by atoms with E-state index in [1.54, 1.807) is 5.32 Å². The molecular formula is C3H4F3NO4S. The molecule has 72 valence electrons. The van der Waals surface area contributed by atoms with Crippen molar-refractivity contribution in [2.24, 2.45) is 0 Å². The van der Waals surface area contributed by atoms with Gasteiger partial charge in [-0.05, 0) is 0 Å². The number of carbonyl (C=O) groups is 1. The highest BCUT2D eigenvalue weighted by Crippen LogP contribution is 2.24. The van der Waals surface area contributed by atoms with Crippen molar-refractivity contribution < 1.29 is 30.6 Å². The quantitative estimate of drug-likeness (QED) is 0.492. The van der Waals surface area contributed by atoms with Gasteiger partial charge in [-0.1, -0.05) is 0 Å². The Kier molecular flexibility index (Phi) is 2.91. The summed E-state index contributed by atoms with van der Waals surface area (Å²) in [5.41, 5.74) is -5.58. The molecule has 0 bridgehead atoms. The van der Waals surface area contributed by atoms with E-state index in [0.29, 0.717) is 0 Å². The Morgan fingerprint density at radius 3 is 2.08 bits per heavy atom. The Labute approximate surface area is 65.6 Å². The minimum Gasteiger partial charge on any atom is -0.324 e. The molecule has 5 nitrogen and oxygen atoms in total. The maximum Gasteiger partial charge on any atom is 0.534 e. The third kappa shape index (κ3) is 2.57. The highest BCUT2D eigenvalue weighted by Gasteiger charge is 2.49. The molecule has 0 aliphatic rings. The van der Waals surface area contributed by atoms with E-state index in [1.165, 1.54) is 0 Å². The lowest BCUT2D eigenvalue weighted by molar-refractivity contribution is -0.0516. The molecule has 0 rings (SSSR count). The SMILES string of the molecule is CNC(=O)OS(=O)(=O)C(F)(F)F. The van der Waals surface area contributed by atoms with Gasteiger partial charge in [-0.15, -0.1) is 0 Å². The first-order valence-corrected chi connectivity index (χ1v) is 3.84. The zero-order valence-electron chi connectivity index (χ0n) is 5.68. The largest absolute Gasteiger partial charge is 0.534 e. The molecule has 1 amide bonds. The zero-order valence-corrected chi connectivity index (χ0v) is 6.49. The van der Waals surface area contributed by atoms with Gasteiger partial charge < -0.3 is 9.50 Å². The topological polar surface area (TPSA) is 72.5 Å². The standard InChI is InChI=1S/C3H4F3NO4S/c1-7-2(8)11-12(9,10)3(4,5)6/h1H3,(H,7,8). The minimum absolute atomic E-state index is 0.925. The maximum absolute atomic E-state index is 11.4. The fraction of sp³-hybridized carbons (Fsp3) is 0.667. The number of hydrogen-bond donors (Lipinski definition) is 1. The average molecular weight is 207 g/mol. The first kappa shape index (κ1) is 11.0. The first-order valence-electron chi connectivity index (χ1n) is 2.43. The van der Waals surface area contributed by atoms with E-state index in [2.05, 4.69) is 4.18 Å². The normalized spacial score (nSPS) is 12.3. The van der Waals surface area contributed by atoms with Crippen molar-refractivity contribution in [3.63, 3.8) is 0 Å². The van der Waals surface area contributed by atoms with E-state index < -0.39 is 21.7 Å². The van der Waals surface area contributed by atoms with Gasteiger partial charge in [0.15, 0.2) is 0 Å². The van der Waals surface area contributed by atoms with Crippen LogP contribution in [0.25, 0.3) is 0 Å². The van der Waals surface area contributed by atoms with E-state index in [-0.39, 0.29) is 0 Å². The molecule has 0 unspecified atom stereocenters. The molecule has 0 aromatic carbocycles. The number of alkyl halides is 3. The van der Waals surface area contributed by atoms with E-state index in [9.17, 15) is 26.4 Å². The molecule has 0 aromatic heterocycles. The fourth-order valence-electron chi connectivity index (χ4n) is 0.189. The second-order valence-corrected chi connectivity index (χ2v) is 3.06. The van der Waals surface area contributed by atoms with Crippen LogP contribution in [-0.4, -0.2) is 27.1 Å². The van der Waals surface area contributed by atoms with Gasteiger partial charge in [-0.25, -0.2) is 4.79 Å². The minimum atomic E-state index is -5.82. The molecule has 0 radical (unpaired) electrons. The van der Waals surface area contributed by atoms with Crippen LogP contribution in [0, 0.1) is 0 Å². The van der Waals surface area contributed by atoms with Crippen molar-refractivity contribution in [1.82, 2.24) is 5.32 Å². The lowest BCUT2D eigenvalue weighted by atomic mass is 11.1. The van der Waals surface area contributed by atoms with Gasteiger partial charge in [0, 0.05) is 7.05 Å². The molecule has 0 fully saturated rings. The lowest BCUT2D eigenvalue weighted by Crippen LogP contribution is -2.31. The summed E-state index contributed by atoms with van der Waals surface area (Å²) in [5, 5.41) is 1.55. The lowest BCUT2D eigenvalue weighted by Gasteiger charge is -2.06. The van der Waals surface area contributed by atoms with Crippen molar-refractivity contribution in [3.05, 3.63) is 0 Å². The van der Waals surface area contributed by atoms with E-state index in [4.69, 9.17) is 0 Å². The highest BCUT2D eigenvalue weighted by molar-refractivity contribution is 7.88. The highest BCUT2D eigenvalue weighted by atomic mass is 32.2. The van der Waals surface area contributed by atoms with Gasteiger partial charge in [-0.3, -0.25) is 0 Å². The summed E-state index contributed by atoms with van der Waals surface area (Å²) >= 11 is 0. The van der Waals surface area contributed by atoms with E-state index >= 15 is 0 Å². The van der Waals surface area contributed by atoms with Crippen LogP contribution in [0.2, 0.25) is 0 Å². The van der Waals surface area contributed by atoms with E-state index in [1.807, 2.05) is 0 Å². The Balaban J connectivity index is 4.58. The van der Waals surface area contributed by atoms with Crippen LogP contribution < -0.4 is 5.32 Å². The predicted molar refractivity (Wildman–Crippen MR) is 30.5 cm³/mol. The van der Waals surface area contributed by atoms with Crippen molar-refractivity contribution >= 4 is 16.2 Å². The number of halogens is 3. The van der Waals surface area contributed by atoms with Crippen LogP contribution >= 0.6 is 0 Å². The van der Waals surface area contributed by atoms with Gasteiger partial charge in [0.1, 0.15) is 0 Å². The Bertz CT molecular complexity index is 268. The van der Waals surface area contributed by atoms with E-state index in [0.717, 1.165) is 7.05 Å². The molecule has 0 atom stereocenters. The molecule has 1 N–H and O–H groups in total. The van der Waals surface area contributed by atoms with Gasteiger partial charge in [0.05, 0.1) is 0 Å². The second-order valence-electron chi connectivity index (χ2n) is 1.52. The zero-order chi connectivity index (χ0) is 9.99. The van der Waals surface area contributed by atoms with Crippen molar-refractivity contribution in [3.8, 4) is 0 Å². The van der Waals surface area contributed by atoms with Crippen LogP contribution in [0.5, 0.6) is 0 Å². The Morgan fingerprint density at radius 2 is 1.83 bits per heavy atom. The number of rotatable bonds is 1. The molecule has 0 aliphatic carbocycles.